The van der Waals surface area contributed by atoms with Crippen molar-refractivity contribution >= 4 is 28.4 Å². The molecule has 0 spiro atoms. The average Bonchev–Trinajstić information content (AvgIpc) is 3.31. The van der Waals surface area contributed by atoms with E-state index >= 15 is 0 Å². The second-order valence-electron chi connectivity index (χ2n) is 4.88. The molecule has 114 valence electrons. The van der Waals surface area contributed by atoms with E-state index < -0.39 is 0 Å². The minimum atomic E-state index is -0.383. The number of oxazole rings is 1. The maximum Gasteiger partial charge on any atom is 0.350 e. The van der Waals surface area contributed by atoms with Crippen molar-refractivity contribution in [2.24, 2.45) is 0 Å². The molecule has 0 aliphatic rings. The van der Waals surface area contributed by atoms with Crippen LogP contribution in [0.2, 0.25) is 0 Å². The van der Waals surface area contributed by atoms with Crippen molar-refractivity contribution in [3.63, 3.8) is 0 Å². The molecule has 0 unspecified atom stereocenters. The second-order valence-corrected chi connectivity index (χ2v) is 5.79. The Morgan fingerprint density at radius 2 is 2.00 bits per heavy atom. The fraction of sp³-hybridized carbons (Fsp3) is 0.0588. The highest BCUT2D eigenvalue weighted by molar-refractivity contribution is 7.12. The van der Waals surface area contributed by atoms with Crippen LogP contribution in [-0.4, -0.2) is 15.5 Å². The number of ether oxygens (including phenoxy) is 1. The van der Waals surface area contributed by atoms with E-state index in [-0.39, 0.29) is 12.6 Å². The van der Waals surface area contributed by atoms with Gasteiger partial charge in [-0.05, 0) is 35.7 Å². The molecule has 0 saturated carbocycles. The SMILES string of the molecule is O=C(OCc1nc2ccccc2o1)c1sccc1-n1cccc1. The number of fused-ring (bicyclic) bond motifs is 1. The summed E-state index contributed by atoms with van der Waals surface area (Å²) in [4.78, 5) is 17.2. The van der Waals surface area contributed by atoms with Gasteiger partial charge in [-0.25, -0.2) is 9.78 Å². The van der Waals surface area contributed by atoms with Crippen LogP contribution < -0.4 is 0 Å². The molecule has 4 rings (SSSR count). The third-order valence-electron chi connectivity index (χ3n) is 3.38. The normalized spacial score (nSPS) is 11.0. The summed E-state index contributed by atoms with van der Waals surface area (Å²) in [5.74, 6) is 0.00424. The molecule has 5 nitrogen and oxygen atoms in total. The number of aromatic nitrogens is 2. The van der Waals surface area contributed by atoms with Gasteiger partial charge in [0, 0.05) is 12.4 Å². The average molecular weight is 324 g/mol. The molecule has 0 saturated heterocycles. The second kappa shape index (κ2) is 5.73. The maximum absolute atomic E-state index is 12.3. The molecular weight excluding hydrogens is 312 g/mol. The van der Waals surface area contributed by atoms with Crippen LogP contribution in [0.1, 0.15) is 15.6 Å². The van der Waals surface area contributed by atoms with Gasteiger partial charge in [0.25, 0.3) is 0 Å². The third kappa shape index (κ3) is 2.64. The van der Waals surface area contributed by atoms with Gasteiger partial charge in [0.15, 0.2) is 12.2 Å². The van der Waals surface area contributed by atoms with E-state index in [1.54, 1.807) is 0 Å². The quantitative estimate of drug-likeness (QED) is 0.532. The van der Waals surface area contributed by atoms with Crippen molar-refractivity contribution < 1.29 is 13.9 Å². The molecule has 0 N–H and O–H groups in total. The van der Waals surface area contributed by atoms with Crippen molar-refractivity contribution in [3.05, 3.63) is 71.0 Å². The van der Waals surface area contributed by atoms with Gasteiger partial charge in [-0.1, -0.05) is 12.1 Å². The minimum absolute atomic E-state index is 0.0104. The Hall–Kier alpha value is -2.86. The third-order valence-corrected chi connectivity index (χ3v) is 4.26. The standard InChI is InChI=1S/C17H12N2O3S/c20-17(16-13(7-10-23-16)19-8-3-4-9-19)21-11-15-18-12-5-1-2-6-14(12)22-15/h1-10H,11H2. The summed E-state index contributed by atoms with van der Waals surface area (Å²) in [6.07, 6.45) is 3.78. The van der Waals surface area contributed by atoms with Crippen LogP contribution in [0.4, 0.5) is 0 Å². The highest BCUT2D eigenvalue weighted by atomic mass is 32.1. The molecule has 0 fully saturated rings. The van der Waals surface area contributed by atoms with Crippen molar-refractivity contribution in [2.45, 2.75) is 6.61 Å². The summed E-state index contributed by atoms with van der Waals surface area (Å²) < 4.78 is 12.8. The Morgan fingerprint density at radius 3 is 2.83 bits per heavy atom. The van der Waals surface area contributed by atoms with Crippen molar-refractivity contribution in [1.82, 2.24) is 9.55 Å². The highest BCUT2D eigenvalue weighted by Gasteiger charge is 2.17. The molecule has 0 bridgehead atoms. The summed E-state index contributed by atoms with van der Waals surface area (Å²) in [5.41, 5.74) is 2.24. The number of thiophene rings is 1. The molecule has 3 heterocycles. The monoisotopic (exact) mass is 324 g/mol. The molecule has 0 amide bonds. The Labute approximate surface area is 135 Å². The molecule has 1 aromatic carbocycles. The lowest BCUT2D eigenvalue weighted by atomic mass is 10.3. The maximum atomic E-state index is 12.3. The van der Waals surface area contributed by atoms with Gasteiger partial charge < -0.3 is 13.7 Å². The number of rotatable bonds is 4. The zero-order valence-corrected chi connectivity index (χ0v) is 12.8. The number of hydrogen-bond acceptors (Lipinski definition) is 5. The number of benzene rings is 1. The molecule has 0 radical (unpaired) electrons. The van der Waals surface area contributed by atoms with Gasteiger partial charge in [-0.3, -0.25) is 0 Å². The fourth-order valence-corrected chi connectivity index (χ4v) is 3.11. The van der Waals surface area contributed by atoms with Crippen LogP contribution in [0.3, 0.4) is 0 Å². The van der Waals surface area contributed by atoms with Crippen LogP contribution in [0.15, 0.2) is 64.7 Å². The topological polar surface area (TPSA) is 57.3 Å². The zero-order chi connectivity index (χ0) is 15.6. The predicted octanol–water partition coefficient (Wildman–Crippen LogP) is 4.04. The van der Waals surface area contributed by atoms with Gasteiger partial charge in [-0.2, -0.15) is 0 Å². The van der Waals surface area contributed by atoms with Crippen LogP contribution >= 0.6 is 11.3 Å². The molecule has 23 heavy (non-hydrogen) atoms. The van der Waals surface area contributed by atoms with Crippen molar-refractivity contribution in [3.8, 4) is 5.69 Å². The van der Waals surface area contributed by atoms with E-state index in [1.165, 1.54) is 11.3 Å². The van der Waals surface area contributed by atoms with Crippen LogP contribution in [0.5, 0.6) is 0 Å². The molecule has 0 aliphatic carbocycles. The van der Waals surface area contributed by atoms with Gasteiger partial charge in [-0.15, -0.1) is 11.3 Å². The number of nitrogens with zero attached hydrogens (tertiary/aromatic N) is 2. The summed E-state index contributed by atoms with van der Waals surface area (Å²) in [7, 11) is 0. The largest absolute Gasteiger partial charge is 0.451 e. The summed E-state index contributed by atoms with van der Waals surface area (Å²) in [6, 6.07) is 13.1. The van der Waals surface area contributed by atoms with Crippen molar-refractivity contribution in [2.75, 3.05) is 0 Å². The van der Waals surface area contributed by atoms with E-state index in [0.717, 1.165) is 11.2 Å². The molecule has 4 aromatic rings. The van der Waals surface area contributed by atoms with Gasteiger partial charge in [0.1, 0.15) is 10.4 Å². The first-order valence-corrected chi connectivity index (χ1v) is 7.91. The first kappa shape index (κ1) is 13.8. The first-order chi connectivity index (χ1) is 11.3. The smallest absolute Gasteiger partial charge is 0.350 e. The summed E-state index contributed by atoms with van der Waals surface area (Å²) in [5, 5.41) is 1.87. The Kier molecular flexibility index (Phi) is 3.44. The van der Waals surface area contributed by atoms with Crippen LogP contribution in [0, 0.1) is 0 Å². The lowest BCUT2D eigenvalue weighted by Crippen LogP contribution is -2.06. The Balaban J connectivity index is 1.51. The number of para-hydroxylation sites is 2. The number of esters is 1. The minimum Gasteiger partial charge on any atom is -0.451 e. The van der Waals surface area contributed by atoms with E-state index in [4.69, 9.17) is 9.15 Å². The van der Waals surface area contributed by atoms with Crippen LogP contribution in [-0.2, 0) is 11.3 Å². The molecular formula is C17H12N2O3S. The first-order valence-electron chi connectivity index (χ1n) is 7.04. The molecule has 6 heteroatoms. The van der Waals surface area contributed by atoms with E-state index in [9.17, 15) is 4.79 Å². The lowest BCUT2D eigenvalue weighted by Gasteiger charge is -2.04. The number of carbonyl (C=O) groups is 1. The van der Waals surface area contributed by atoms with E-state index in [1.807, 2.05) is 64.8 Å². The number of hydrogen-bond donors (Lipinski definition) is 0. The number of carbonyl (C=O) groups excluding carboxylic acids is 1. The summed E-state index contributed by atoms with van der Waals surface area (Å²) >= 11 is 1.35. The Morgan fingerprint density at radius 1 is 1.17 bits per heavy atom. The predicted molar refractivity (Wildman–Crippen MR) is 86.8 cm³/mol. The van der Waals surface area contributed by atoms with Gasteiger partial charge in [0.2, 0.25) is 5.89 Å². The summed E-state index contributed by atoms with van der Waals surface area (Å²) in [6.45, 7) is 0.0104. The van der Waals surface area contributed by atoms with E-state index in [0.29, 0.717) is 16.4 Å². The van der Waals surface area contributed by atoms with Gasteiger partial charge >= 0.3 is 5.97 Å². The molecule has 3 aromatic heterocycles. The van der Waals surface area contributed by atoms with Crippen molar-refractivity contribution in [1.29, 1.82) is 0 Å². The zero-order valence-electron chi connectivity index (χ0n) is 12.0. The van der Waals surface area contributed by atoms with Gasteiger partial charge in [0.05, 0.1) is 5.69 Å². The highest BCUT2D eigenvalue weighted by Crippen LogP contribution is 2.23. The van der Waals surface area contributed by atoms with E-state index in [2.05, 4.69) is 4.98 Å². The molecule has 0 atom stereocenters. The van der Waals surface area contributed by atoms with Crippen LogP contribution in [0.25, 0.3) is 16.8 Å². The lowest BCUT2D eigenvalue weighted by molar-refractivity contribution is 0.0446. The fourth-order valence-electron chi connectivity index (χ4n) is 2.33. The Bertz CT molecular complexity index is 920. The molecule has 0 aliphatic heterocycles.